The summed E-state index contributed by atoms with van der Waals surface area (Å²) >= 11 is 0. The fourth-order valence-corrected chi connectivity index (χ4v) is 3.31. The molecule has 0 saturated carbocycles. The minimum Gasteiger partial charge on any atom is -0.492 e. The lowest BCUT2D eigenvalue weighted by Crippen LogP contribution is -2.34. The van der Waals surface area contributed by atoms with Gasteiger partial charge in [-0.15, -0.1) is 4.73 Å². The van der Waals surface area contributed by atoms with Gasteiger partial charge in [-0.3, -0.25) is 4.90 Å². The summed E-state index contributed by atoms with van der Waals surface area (Å²) in [5.74, 6) is -0.487. The van der Waals surface area contributed by atoms with E-state index >= 15 is 0 Å². The molecule has 0 atom stereocenters. The molecule has 2 aromatic carbocycles. The van der Waals surface area contributed by atoms with Crippen LogP contribution in [0.5, 0.6) is 5.88 Å². The maximum absolute atomic E-state index is 14.0. The number of halogens is 1. The van der Waals surface area contributed by atoms with Gasteiger partial charge in [0.15, 0.2) is 5.82 Å². The van der Waals surface area contributed by atoms with Crippen molar-refractivity contribution >= 4 is 10.9 Å². The summed E-state index contributed by atoms with van der Waals surface area (Å²) in [6, 6.07) is 14.7. The first-order chi connectivity index (χ1) is 11.7. The Morgan fingerprint density at radius 3 is 2.79 bits per heavy atom. The molecule has 3 aromatic rings. The van der Waals surface area contributed by atoms with Gasteiger partial charge < -0.3 is 9.94 Å². The Balaban J connectivity index is 1.43. The number of hydrogen-bond acceptors (Lipinski definition) is 3. The number of para-hydroxylation sites is 1. The first-order valence-electron chi connectivity index (χ1n) is 8.14. The molecule has 1 aliphatic heterocycles. The van der Waals surface area contributed by atoms with Crippen molar-refractivity contribution in [2.45, 2.75) is 13.0 Å². The van der Waals surface area contributed by atoms with E-state index in [-0.39, 0.29) is 11.4 Å². The maximum atomic E-state index is 14.0. The van der Waals surface area contributed by atoms with Crippen molar-refractivity contribution in [2.24, 2.45) is 0 Å². The van der Waals surface area contributed by atoms with E-state index in [1.165, 1.54) is 28.0 Å². The van der Waals surface area contributed by atoms with E-state index in [9.17, 15) is 9.50 Å². The molecule has 4 rings (SSSR count). The molecule has 4 nitrogen and oxygen atoms in total. The monoisotopic (exact) mass is 326 g/mol. The van der Waals surface area contributed by atoms with Gasteiger partial charge in [-0.05, 0) is 23.6 Å². The van der Waals surface area contributed by atoms with Crippen LogP contribution in [0, 0.1) is 5.82 Å². The summed E-state index contributed by atoms with van der Waals surface area (Å²) in [6.45, 7) is 2.98. The summed E-state index contributed by atoms with van der Waals surface area (Å²) < 4.78 is 15.2. The van der Waals surface area contributed by atoms with Gasteiger partial charge in [-0.1, -0.05) is 36.4 Å². The Morgan fingerprint density at radius 1 is 1.08 bits per heavy atom. The quantitative estimate of drug-likeness (QED) is 0.801. The SMILES string of the molecule is Oc1cc2cccc(F)c2n1OCCN1CCc2ccccc2C1. The number of aromatic hydroxyl groups is 1. The van der Waals surface area contributed by atoms with Gasteiger partial charge in [0.1, 0.15) is 12.1 Å². The highest BCUT2D eigenvalue weighted by Crippen LogP contribution is 2.25. The molecule has 24 heavy (non-hydrogen) atoms. The summed E-state index contributed by atoms with van der Waals surface area (Å²) in [5, 5.41) is 10.6. The van der Waals surface area contributed by atoms with Crippen molar-refractivity contribution in [2.75, 3.05) is 19.7 Å². The minimum absolute atomic E-state index is 0.0842. The van der Waals surface area contributed by atoms with Crippen LogP contribution in [0.1, 0.15) is 11.1 Å². The second kappa shape index (κ2) is 6.17. The Labute approximate surface area is 139 Å². The van der Waals surface area contributed by atoms with Crippen LogP contribution in [0.25, 0.3) is 10.9 Å². The molecule has 0 fully saturated rings. The summed E-state index contributed by atoms with van der Waals surface area (Å²) in [4.78, 5) is 7.95. The van der Waals surface area contributed by atoms with Crippen molar-refractivity contribution < 1.29 is 14.3 Å². The first-order valence-corrected chi connectivity index (χ1v) is 8.14. The minimum atomic E-state index is -0.403. The fourth-order valence-electron chi connectivity index (χ4n) is 3.31. The highest BCUT2D eigenvalue weighted by Gasteiger charge is 2.17. The Kier molecular flexibility index (Phi) is 3.86. The molecule has 1 aliphatic rings. The van der Waals surface area contributed by atoms with E-state index in [0.717, 1.165) is 26.1 Å². The predicted octanol–water partition coefficient (Wildman–Crippen LogP) is 2.97. The van der Waals surface area contributed by atoms with Crippen molar-refractivity contribution in [3.8, 4) is 5.88 Å². The van der Waals surface area contributed by atoms with E-state index in [4.69, 9.17) is 4.84 Å². The number of fused-ring (bicyclic) bond motifs is 2. The lowest BCUT2D eigenvalue weighted by Gasteiger charge is -2.28. The molecule has 0 amide bonds. The molecule has 0 unspecified atom stereocenters. The summed E-state index contributed by atoms with van der Waals surface area (Å²) in [7, 11) is 0. The molecule has 1 aromatic heterocycles. The van der Waals surface area contributed by atoms with Crippen molar-refractivity contribution in [1.82, 2.24) is 9.63 Å². The molecule has 0 bridgehead atoms. The van der Waals surface area contributed by atoms with E-state index in [2.05, 4.69) is 29.2 Å². The molecule has 0 saturated heterocycles. The van der Waals surface area contributed by atoms with Crippen molar-refractivity contribution in [1.29, 1.82) is 0 Å². The molecule has 0 aliphatic carbocycles. The number of hydrogen-bond donors (Lipinski definition) is 1. The molecule has 124 valence electrons. The van der Waals surface area contributed by atoms with Gasteiger partial charge in [0.05, 0.1) is 0 Å². The summed E-state index contributed by atoms with van der Waals surface area (Å²) in [5.41, 5.74) is 3.04. The Bertz CT molecular complexity index is 875. The number of rotatable bonds is 4. The highest BCUT2D eigenvalue weighted by molar-refractivity contribution is 5.82. The average molecular weight is 326 g/mol. The van der Waals surface area contributed by atoms with Gasteiger partial charge >= 0.3 is 0 Å². The van der Waals surface area contributed by atoms with Crippen LogP contribution < -0.4 is 4.84 Å². The van der Waals surface area contributed by atoms with Crippen LogP contribution in [-0.2, 0) is 13.0 Å². The molecule has 0 radical (unpaired) electrons. The Hall–Kier alpha value is -2.53. The van der Waals surface area contributed by atoms with Crippen molar-refractivity contribution in [3.05, 3.63) is 65.5 Å². The van der Waals surface area contributed by atoms with Gasteiger partial charge in [-0.25, -0.2) is 4.39 Å². The third-order valence-electron chi connectivity index (χ3n) is 4.55. The van der Waals surface area contributed by atoms with E-state index in [1.54, 1.807) is 12.1 Å². The van der Waals surface area contributed by atoms with E-state index in [1.807, 2.05) is 0 Å². The normalized spacial score (nSPS) is 14.7. The second-order valence-corrected chi connectivity index (χ2v) is 6.10. The van der Waals surface area contributed by atoms with Crippen LogP contribution in [-0.4, -0.2) is 34.4 Å². The average Bonchev–Trinajstić information content (AvgIpc) is 2.92. The van der Waals surface area contributed by atoms with Crippen LogP contribution >= 0.6 is 0 Å². The molecule has 0 spiro atoms. The predicted molar refractivity (Wildman–Crippen MR) is 90.4 cm³/mol. The molecule has 2 heterocycles. The molecule has 1 N–H and O–H groups in total. The van der Waals surface area contributed by atoms with Gasteiger partial charge in [-0.2, -0.15) is 0 Å². The van der Waals surface area contributed by atoms with Gasteiger partial charge in [0.25, 0.3) is 0 Å². The zero-order chi connectivity index (χ0) is 16.5. The maximum Gasteiger partial charge on any atom is 0.226 e. The van der Waals surface area contributed by atoms with Crippen LogP contribution in [0.4, 0.5) is 4.39 Å². The van der Waals surface area contributed by atoms with Crippen LogP contribution in [0.3, 0.4) is 0 Å². The van der Waals surface area contributed by atoms with Gasteiger partial charge in [0.2, 0.25) is 5.88 Å². The fraction of sp³-hybridized carbons (Fsp3) is 0.263. The zero-order valence-corrected chi connectivity index (χ0v) is 13.3. The Morgan fingerprint density at radius 2 is 1.92 bits per heavy atom. The van der Waals surface area contributed by atoms with E-state index in [0.29, 0.717) is 12.0 Å². The highest BCUT2D eigenvalue weighted by atomic mass is 19.1. The molecule has 5 heteroatoms. The third-order valence-corrected chi connectivity index (χ3v) is 4.55. The van der Waals surface area contributed by atoms with Crippen molar-refractivity contribution in [3.63, 3.8) is 0 Å². The number of benzene rings is 2. The topological polar surface area (TPSA) is 37.6 Å². The third kappa shape index (κ3) is 2.71. The molecular formula is C19H19FN2O2. The molecular weight excluding hydrogens is 307 g/mol. The number of nitrogens with zero attached hydrogens (tertiary/aromatic N) is 2. The smallest absolute Gasteiger partial charge is 0.226 e. The number of aromatic nitrogens is 1. The second-order valence-electron chi connectivity index (χ2n) is 6.10. The van der Waals surface area contributed by atoms with Gasteiger partial charge in [0, 0.05) is 31.1 Å². The largest absolute Gasteiger partial charge is 0.492 e. The van der Waals surface area contributed by atoms with Crippen LogP contribution in [0.15, 0.2) is 48.5 Å². The first kappa shape index (κ1) is 15.0. The standard InChI is InChI=1S/C19H19FN2O2/c20-17-7-3-6-15-12-18(23)22(19(15)17)24-11-10-21-9-8-14-4-1-2-5-16(14)13-21/h1-7,12,23H,8-11,13H2. The lowest BCUT2D eigenvalue weighted by molar-refractivity contribution is 0.0757. The van der Waals surface area contributed by atoms with E-state index < -0.39 is 5.82 Å². The summed E-state index contributed by atoms with van der Waals surface area (Å²) in [6.07, 6.45) is 1.03. The van der Waals surface area contributed by atoms with Crippen LogP contribution in [0.2, 0.25) is 0 Å². The lowest BCUT2D eigenvalue weighted by atomic mass is 10.0. The zero-order valence-electron chi connectivity index (χ0n) is 13.3.